The van der Waals surface area contributed by atoms with E-state index in [9.17, 15) is 4.79 Å². The van der Waals surface area contributed by atoms with Crippen molar-refractivity contribution in [2.45, 2.75) is 32.2 Å². The largest absolute Gasteiger partial charge is 0.497 e. The van der Waals surface area contributed by atoms with Gasteiger partial charge in [-0.15, -0.1) is 0 Å². The minimum absolute atomic E-state index is 0.0267. The molecule has 0 aliphatic carbocycles. The molecule has 1 aliphatic heterocycles. The van der Waals surface area contributed by atoms with Gasteiger partial charge in [-0.25, -0.2) is 0 Å². The van der Waals surface area contributed by atoms with Crippen LogP contribution in [0.25, 0.3) is 0 Å². The van der Waals surface area contributed by atoms with Crippen LogP contribution in [0.15, 0.2) is 18.2 Å². The molecule has 1 saturated heterocycles. The number of thiocarbonyl (C=S) groups is 1. The molecule has 2 atom stereocenters. The second kappa shape index (κ2) is 11.2. The molecular formula is C21H33N3O4S. The second-order valence-electron chi connectivity index (χ2n) is 7.47. The van der Waals surface area contributed by atoms with Crippen LogP contribution in [-0.2, 0) is 9.53 Å². The van der Waals surface area contributed by atoms with Crippen molar-refractivity contribution in [2.24, 2.45) is 5.92 Å². The predicted molar refractivity (Wildman–Crippen MR) is 118 cm³/mol. The van der Waals surface area contributed by atoms with E-state index in [1.54, 1.807) is 21.3 Å². The molecule has 0 saturated carbocycles. The first-order chi connectivity index (χ1) is 13.9. The lowest BCUT2D eigenvalue weighted by atomic mass is 9.87. The Morgan fingerprint density at radius 2 is 2.00 bits per heavy atom. The number of carbonyl (C=O) groups excluding carboxylic acids is 1. The van der Waals surface area contributed by atoms with Crippen molar-refractivity contribution >= 4 is 23.2 Å². The molecule has 0 aromatic heterocycles. The highest BCUT2D eigenvalue weighted by atomic mass is 32.1. The van der Waals surface area contributed by atoms with E-state index < -0.39 is 0 Å². The highest BCUT2D eigenvalue weighted by Gasteiger charge is 2.40. The monoisotopic (exact) mass is 423 g/mol. The van der Waals surface area contributed by atoms with Crippen molar-refractivity contribution in [2.75, 3.05) is 47.6 Å². The van der Waals surface area contributed by atoms with Gasteiger partial charge in [0, 0.05) is 56.9 Å². The Bertz CT molecular complexity index is 699. The van der Waals surface area contributed by atoms with E-state index in [1.807, 2.05) is 32.0 Å². The fourth-order valence-corrected chi connectivity index (χ4v) is 3.96. The number of ether oxygens (including phenoxy) is 3. The maximum Gasteiger partial charge on any atom is 0.225 e. The Morgan fingerprint density at radius 3 is 2.62 bits per heavy atom. The summed E-state index contributed by atoms with van der Waals surface area (Å²) >= 11 is 5.57. The minimum atomic E-state index is -0.230. The van der Waals surface area contributed by atoms with Gasteiger partial charge in [0.1, 0.15) is 11.5 Å². The molecule has 1 aliphatic rings. The van der Waals surface area contributed by atoms with E-state index in [2.05, 4.69) is 15.5 Å². The van der Waals surface area contributed by atoms with Crippen LogP contribution >= 0.6 is 12.2 Å². The average molecular weight is 424 g/mol. The first-order valence-electron chi connectivity index (χ1n) is 9.95. The van der Waals surface area contributed by atoms with Gasteiger partial charge in [-0.2, -0.15) is 0 Å². The van der Waals surface area contributed by atoms with Crippen molar-refractivity contribution in [3.63, 3.8) is 0 Å². The summed E-state index contributed by atoms with van der Waals surface area (Å²) in [6.45, 7) is 6.52. The Hall–Kier alpha value is -2.06. The molecule has 1 aromatic carbocycles. The zero-order chi connectivity index (χ0) is 21.4. The lowest BCUT2D eigenvalue weighted by molar-refractivity contribution is -0.124. The van der Waals surface area contributed by atoms with E-state index in [4.69, 9.17) is 26.4 Å². The molecule has 162 valence electrons. The number of hydrogen-bond donors (Lipinski definition) is 2. The molecule has 1 amide bonds. The summed E-state index contributed by atoms with van der Waals surface area (Å²) in [4.78, 5) is 15.1. The van der Waals surface area contributed by atoms with Gasteiger partial charge in [-0.1, -0.05) is 6.07 Å². The zero-order valence-corrected chi connectivity index (χ0v) is 18.8. The van der Waals surface area contributed by atoms with Crippen molar-refractivity contribution in [1.29, 1.82) is 0 Å². The number of benzene rings is 1. The molecule has 1 heterocycles. The Labute approximate surface area is 179 Å². The van der Waals surface area contributed by atoms with Gasteiger partial charge in [-0.3, -0.25) is 4.79 Å². The molecule has 1 aromatic rings. The van der Waals surface area contributed by atoms with Crippen molar-refractivity contribution in [3.8, 4) is 11.5 Å². The molecule has 0 bridgehead atoms. The standard InChI is InChI=1S/C21H33N3O4S/c1-14(2)23-21(29)24-12-17(16-8-7-15(27-4)11-19(16)28-5)18(13-24)20(25)22-9-6-10-26-3/h7-8,11,14,17-18H,6,9-10,12-13H2,1-5H3,(H,22,25)(H,23,29). The Kier molecular flexibility index (Phi) is 8.98. The van der Waals surface area contributed by atoms with Crippen molar-refractivity contribution in [1.82, 2.24) is 15.5 Å². The van der Waals surface area contributed by atoms with E-state index in [0.29, 0.717) is 31.4 Å². The van der Waals surface area contributed by atoms with Gasteiger partial charge < -0.3 is 29.7 Å². The minimum Gasteiger partial charge on any atom is -0.497 e. The maximum atomic E-state index is 13.0. The van der Waals surface area contributed by atoms with Crippen molar-refractivity contribution < 1.29 is 19.0 Å². The molecule has 0 radical (unpaired) electrons. The lowest BCUT2D eigenvalue weighted by Gasteiger charge is -2.22. The van der Waals surface area contributed by atoms with Crippen LogP contribution in [0.1, 0.15) is 31.7 Å². The third kappa shape index (κ3) is 6.21. The molecule has 0 spiro atoms. The fraction of sp³-hybridized carbons (Fsp3) is 0.619. The summed E-state index contributed by atoms with van der Waals surface area (Å²) < 4.78 is 16.0. The summed E-state index contributed by atoms with van der Waals surface area (Å²) in [6.07, 6.45) is 0.780. The van der Waals surface area contributed by atoms with Crippen LogP contribution in [0.3, 0.4) is 0 Å². The average Bonchev–Trinajstić information content (AvgIpc) is 3.15. The van der Waals surface area contributed by atoms with Gasteiger partial charge in [0.05, 0.1) is 20.1 Å². The van der Waals surface area contributed by atoms with Crippen molar-refractivity contribution in [3.05, 3.63) is 23.8 Å². The number of amides is 1. The normalized spacial score (nSPS) is 18.6. The zero-order valence-electron chi connectivity index (χ0n) is 18.0. The molecule has 2 N–H and O–H groups in total. The van der Waals surface area contributed by atoms with E-state index >= 15 is 0 Å². The summed E-state index contributed by atoms with van der Waals surface area (Å²) in [7, 11) is 4.92. The Balaban J connectivity index is 2.24. The number of likely N-dealkylation sites (tertiary alicyclic amines) is 1. The van der Waals surface area contributed by atoms with Crippen LogP contribution in [0.5, 0.6) is 11.5 Å². The topological polar surface area (TPSA) is 72.1 Å². The van der Waals surface area contributed by atoms with E-state index in [0.717, 1.165) is 23.5 Å². The summed E-state index contributed by atoms with van der Waals surface area (Å²) in [5, 5.41) is 7.00. The van der Waals surface area contributed by atoms with Gasteiger partial charge in [0.15, 0.2) is 5.11 Å². The first-order valence-corrected chi connectivity index (χ1v) is 10.4. The van der Waals surface area contributed by atoms with E-state index in [1.165, 1.54) is 0 Å². The maximum absolute atomic E-state index is 13.0. The summed E-state index contributed by atoms with van der Waals surface area (Å²) in [5.74, 6) is 1.20. The van der Waals surface area contributed by atoms with Crippen LogP contribution in [0.4, 0.5) is 0 Å². The third-order valence-corrected chi connectivity index (χ3v) is 5.40. The number of nitrogens with one attached hydrogen (secondary N) is 2. The van der Waals surface area contributed by atoms with Crippen LogP contribution in [0.2, 0.25) is 0 Å². The summed E-state index contributed by atoms with van der Waals surface area (Å²) in [5.41, 5.74) is 0.986. The first kappa shape index (κ1) is 23.2. The van der Waals surface area contributed by atoms with E-state index in [-0.39, 0.29) is 23.8 Å². The van der Waals surface area contributed by atoms with Gasteiger partial charge >= 0.3 is 0 Å². The number of rotatable bonds is 9. The van der Waals surface area contributed by atoms with Gasteiger partial charge in [-0.05, 0) is 38.6 Å². The SMILES string of the molecule is COCCCNC(=O)C1CN(C(=S)NC(C)C)CC1c1ccc(OC)cc1OC. The number of nitrogens with zero attached hydrogens (tertiary/aromatic N) is 1. The molecular weight excluding hydrogens is 390 g/mol. The number of methoxy groups -OCH3 is 3. The molecule has 7 nitrogen and oxygen atoms in total. The predicted octanol–water partition coefficient (Wildman–Crippen LogP) is 2.15. The van der Waals surface area contributed by atoms with Crippen LogP contribution in [-0.4, -0.2) is 69.5 Å². The highest BCUT2D eigenvalue weighted by molar-refractivity contribution is 7.80. The molecule has 29 heavy (non-hydrogen) atoms. The Morgan fingerprint density at radius 1 is 1.24 bits per heavy atom. The number of carbonyl (C=O) groups is 1. The smallest absolute Gasteiger partial charge is 0.225 e. The number of hydrogen-bond acceptors (Lipinski definition) is 5. The molecule has 8 heteroatoms. The molecule has 1 fully saturated rings. The summed E-state index contributed by atoms with van der Waals surface area (Å²) in [6, 6.07) is 5.98. The third-order valence-electron chi connectivity index (χ3n) is 5.02. The fourth-order valence-electron chi connectivity index (χ4n) is 3.57. The van der Waals surface area contributed by atoms with Gasteiger partial charge in [0.2, 0.25) is 5.91 Å². The quantitative estimate of drug-likeness (QED) is 0.466. The second-order valence-corrected chi connectivity index (χ2v) is 7.85. The molecule has 2 rings (SSSR count). The molecule has 2 unspecified atom stereocenters. The van der Waals surface area contributed by atoms with Gasteiger partial charge in [0.25, 0.3) is 0 Å². The van der Waals surface area contributed by atoms with Crippen LogP contribution in [0, 0.1) is 5.92 Å². The lowest BCUT2D eigenvalue weighted by Crippen LogP contribution is -2.42. The highest BCUT2D eigenvalue weighted by Crippen LogP contribution is 2.39. The van der Waals surface area contributed by atoms with Crippen LogP contribution < -0.4 is 20.1 Å².